The van der Waals surface area contributed by atoms with Gasteiger partial charge in [-0.2, -0.15) is 10.2 Å². The molecule has 1 aromatic heterocycles. The maximum Gasteiger partial charge on any atom is 0.237 e. The number of aromatic nitrogens is 2. The van der Waals surface area contributed by atoms with Gasteiger partial charge in [0.25, 0.3) is 0 Å². The van der Waals surface area contributed by atoms with Crippen LogP contribution in [0.4, 0.5) is 8.78 Å². The fourth-order valence-corrected chi connectivity index (χ4v) is 4.90. The molecule has 0 spiro atoms. The minimum atomic E-state index is -1.15. The van der Waals surface area contributed by atoms with Gasteiger partial charge in [-0.3, -0.25) is 4.79 Å². The molecule has 0 bridgehead atoms. The molecule has 2 heterocycles. The average Bonchev–Trinajstić information content (AvgIpc) is 3.44. The van der Waals surface area contributed by atoms with Gasteiger partial charge in [-0.05, 0) is 49.4 Å². The van der Waals surface area contributed by atoms with Crippen molar-refractivity contribution >= 4 is 5.91 Å². The molecular formula is C23H27F2N5O2. The smallest absolute Gasteiger partial charge is 0.237 e. The van der Waals surface area contributed by atoms with Crippen LogP contribution < -0.4 is 5.32 Å². The van der Waals surface area contributed by atoms with E-state index in [1.54, 1.807) is 12.1 Å². The molecule has 9 heteroatoms. The first-order valence-electron chi connectivity index (χ1n) is 10.8. The van der Waals surface area contributed by atoms with E-state index < -0.39 is 17.8 Å². The predicted molar refractivity (Wildman–Crippen MR) is 112 cm³/mol. The Morgan fingerprint density at radius 3 is 2.75 bits per heavy atom. The van der Waals surface area contributed by atoms with Crippen molar-refractivity contribution in [2.24, 2.45) is 5.41 Å². The van der Waals surface area contributed by atoms with E-state index in [0.717, 1.165) is 12.8 Å². The molecule has 1 saturated heterocycles. The molecule has 0 radical (unpaired) electrons. The zero-order chi connectivity index (χ0) is 23.1. The number of nitrogens with one attached hydrogen (secondary N) is 1. The number of nitrogens with zero attached hydrogens (tertiary/aromatic N) is 4. The number of alkyl halides is 1. The second-order valence-corrected chi connectivity index (χ2v) is 9.49. The lowest BCUT2D eigenvalue weighted by Crippen LogP contribution is -2.55. The molecule has 1 aromatic carbocycles. The normalized spacial score (nSPS) is 29.2. The Balaban J connectivity index is 1.45. The minimum absolute atomic E-state index is 0.0300. The third kappa shape index (κ3) is 3.88. The van der Waals surface area contributed by atoms with E-state index in [1.807, 2.05) is 6.07 Å². The SMILES string of the molecule is CC1(C)C(c2nc(-c3ccc(F)cc3)no2)CC[C@]1(C)NCC(=O)N1C[C@@H](F)C[C@H]1C#N. The maximum absolute atomic E-state index is 13.7. The zero-order valence-corrected chi connectivity index (χ0v) is 18.4. The Hall–Kier alpha value is -2.86. The highest BCUT2D eigenvalue weighted by molar-refractivity contribution is 5.79. The van der Waals surface area contributed by atoms with Crippen LogP contribution in [0, 0.1) is 22.6 Å². The Bertz CT molecular complexity index is 1030. The molecule has 7 nitrogen and oxygen atoms in total. The summed E-state index contributed by atoms with van der Waals surface area (Å²) in [7, 11) is 0. The highest BCUT2D eigenvalue weighted by atomic mass is 19.1. The van der Waals surface area contributed by atoms with Crippen LogP contribution in [0.1, 0.15) is 51.8 Å². The van der Waals surface area contributed by atoms with Gasteiger partial charge >= 0.3 is 0 Å². The zero-order valence-electron chi connectivity index (χ0n) is 18.4. The van der Waals surface area contributed by atoms with Crippen molar-refractivity contribution in [2.75, 3.05) is 13.1 Å². The summed E-state index contributed by atoms with van der Waals surface area (Å²) in [4.78, 5) is 18.6. The number of benzene rings is 1. The number of likely N-dealkylation sites (tertiary alicyclic amines) is 1. The third-order valence-corrected chi connectivity index (χ3v) is 7.42. The second-order valence-electron chi connectivity index (χ2n) is 9.49. The van der Waals surface area contributed by atoms with E-state index in [4.69, 9.17) is 4.52 Å². The lowest BCUT2D eigenvalue weighted by molar-refractivity contribution is -0.131. The quantitative estimate of drug-likeness (QED) is 0.759. The van der Waals surface area contributed by atoms with Gasteiger partial charge < -0.3 is 14.7 Å². The van der Waals surface area contributed by atoms with E-state index in [9.17, 15) is 18.8 Å². The van der Waals surface area contributed by atoms with Crippen molar-refractivity contribution in [3.05, 3.63) is 36.0 Å². The van der Waals surface area contributed by atoms with Crippen LogP contribution >= 0.6 is 0 Å². The Kier molecular flexibility index (Phi) is 5.76. The molecular weight excluding hydrogens is 416 g/mol. The highest BCUT2D eigenvalue weighted by Crippen LogP contribution is 2.54. The van der Waals surface area contributed by atoms with Crippen LogP contribution in [0.2, 0.25) is 0 Å². The van der Waals surface area contributed by atoms with Crippen molar-refractivity contribution in [1.82, 2.24) is 20.4 Å². The van der Waals surface area contributed by atoms with Gasteiger partial charge in [-0.15, -0.1) is 0 Å². The summed E-state index contributed by atoms with van der Waals surface area (Å²) >= 11 is 0. The van der Waals surface area contributed by atoms with E-state index in [0.29, 0.717) is 17.3 Å². The van der Waals surface area contributed by atoms with Crippen LogP contribution in [0.5, 0.6) is 0 Å². The number of carbonyl (C=O) groups is 1. The number of amides is 1. The summed E-state index contributed by atoms with van der Waals surface area (Å²) in [5.74, 6) is 0.280. The van der Waals surface area contributed by atoms with Gasteiger partial charge in [0.2, 0.25) is 17.6 Å². The van der Waals surface area contributed by atoms with Crippen molar-refractivity contribution in [3.63, 3.8) is 0 Å². The molecule has 1 amide bonds. The van der Waals surface area contributed by atoms with Crippen molar-refractivity contribution in [2.45, 2.75) is 63.7 Å². The van der Waals surface area contributed by atoms with Crippen molar-refractivity contribution in [1.29, 1.82) is 5.26 Å². The van der Waals surface area contributed by atoms with Crippen LogP contribution in [0.25, 0.3) is 11.4 Å². The van der Waals surface area contributed by atoms with E-state index in [-0.39, 0.29) is 42.6 Å². The minimum Gasteiger partial charge on any atom is -0.339 e. The summed E-state index contributed by atoms with van der Waals surface area (Å²) in [6.07, 6.45) is 0.479. The molecule has 2 fully saturated rings. The Morgan fingerprint density at radius 2 is 2.06 bits per heavy atom. The maximum atomic E-state index is 13.7. The fourth-order valence-electron chi connectivity index (χ4n) is 4.90. The summed E-state index contributed by atoms with van der Waals surface area (Å²) in [6, 6.07) is 7.23. The van der Waals surface area contributed by atoms with Crippen molar-refractivity contribution < 1.29 is 18.1 Å². The molecule has 32 heavy (non-hydrogen) atoms. The first kappa shape index (κ1) is 22.3. The van der Waals surface area contributed by atoms with Gasteiger partial charge in [0.05, 0.1) is 19.2 Å². The molecule has 1 aliphatic carbocycles. The largest absolute Gasteiger partial charge is 0.339 e. The highest BCUT2D eigenvalue weighted by Gasteiger charge is 2.54. The molecule has 1 N–H and O–H groups in total. The first-order valence-corrected chi connectivity index (χ1v) is 10.8. The number of rotatable bonds is 5. The van der Waals surface area contributed by atoms with Gasteiger partial charge in [0.1, 0.15) is 18.0 Å². The molecule has 170 valence electrons. The third-order valence-electron chi connectivity index (χ3n) is 7.42. The number of hydrogen-bond donors (Lipinski definition) is 1. The molecule has 2 aromatic rings. The van der Waals surface area contributed by atoms with Gasteiger partial charge in [-0.25, -0.2) is 8.78 Å². The van der Waals surface area contributed by atoms with Crippen LogP contribution in [0.3, 0.4) is 0 Å². The Morgan fingerprint density at radius 1 is 1.34 bits per heavy atom. The first-order chi connectivity index (χ1) is 15.1. The topological polar surface area (TPSA) is 95.1 Å². The number of hydrogen-bond acceptors (Lipinski definition) is 6. The van der Waals surface area contributed by atoms with E-state index in [1.165, 1.54) is 17.0 Å². The lowest BCUT2D eigenvalue weighted by Gasteiger charge is -2.41. The number of carbonyl (C=O) groups excluding carboxylic acids is 1. The molecule has 1 saturated carbocycles. The van der Waals surface area contributed by atoms with Gasteiger partial charge in [0.15, 0.2) is 0 Å². The average molecular weight is 443 g/mol. The molecule has 4 rings (SSSR count). The standard InChI is InChI=1S/C23H27F2N5O2/c1-22(2)18(21-28-20(29-32-21)14-4-6-15(24)7-5-14)8-9-23(22,3)27-12-19(31)30-13-16(25)10-17(30)11-26/h4-7,16-18,27H,8-10,12-13H2,1-3H3/t16-,17-,18?,23-/m0/s1. The summed E-state index contributed by atoms with van der Waals surface area (Å²) in [5, 5.41) is 16.6. The van der Waals surface area contributed by atoms with Crippen LogP contribution in [-0.4, -0.2) is 51.8 Å². The summed E-state index contributed by atoms with van der Waals surface area (Å²) in [6.45, 7) is 6.24. The fraction of sp³-hybridized carbons (Fsp3) is 0.565. The summed E-state index contributed by atoms with van der Waals surface area (Å²) < 4.78 is 32.5. The summed E-state index contributed by atoms with van der Waals surface area (Å²) in [5.41, 5.74) is -0.0655. The predicted octanol–water partition coefficient (Wildman–Crippen LogP) is 3.59. The number of halogens is 2. The molecule has 1 unspecified atom stereocenters. The molecule has 4 atom stereocenters. The van der Waals surface area contributed by atoms with Gasteiger partial charge in [-0.1, -0.05) is 19.0 Å². The van der Waals surface area contributed by atoms with Crippen molar-refractivity contribution in [3.8, 4) is 17.5 Å². The van der Waals surface area contributed by atoms with Crippen LogP contribution in [-0.2, 0) is 4.79 Å². The van der Waals surface area contributed by atoms with Gasteiger partial charge in [0, 0.05) is 23.4 Å². The van der Waals surface area contributed by atoms with Crippen LogP contribution in [0.15, 0.2) is 28.8 Å². The molecule has 2 aliphatic rings. The second kappa shape index (κ2) is 8.24. The van der Waals surface area contributed by atoms with E-state index >= 15 is 0 Å². The van der Waals surface area contributed by atoms with E-state index in [2.05, 4.69) is 36.2 Å². The molecule has 1 aliphatic heterocycles. The lowest BCUT2D eigenvalue weighted by atomic mass is 9.71. The monoisotopic (exact) mass is 443 g/mol. The Labute approximate surface area is 185 Å². The number of nitriles is 1.